The summed E-state index contributed by atoms with van der Waals surface area (Å²) in [6, 6.07) is 8.89. The highest BCUT2D eigenvalue weighted by atomic mass is 16.3. The van der Waals surface area contributed by atoms with Gasteiger partial charge < -0.3 is 15.3 Å². The number of benzene rings is 2. The topological polar surface area (TPSA) is 63.9 Å². The normalized spacial score (nSPS) is 18.0. The zero-order valence-electron chi connectivity index (χ0n) is 13.9. The first-order valence-electron chi connectivity index (χ1n) is 8.17. The molecule has 24 heavy (non-hydrogen) atoms. The van der Waals surface area contributed by atoms with Crippen molar-refractivity contribution in [2.45, 2.75) is 19.3 Å². The third-order valence-electron chi connectivity index (χ3n) is 4.87. The first-order chi connectivity index (χ1) is 11.5. The molecule has 2 aromatic rings. The van der Waals surface area contributed by atoms with Crippen LogP contribution in [-0.4, -0.2) is 39.9 Å². The van der Waals surface area contributed by atoms with Gasteiger partial charge in [-0.2, -0.15) is 0 Å². The van der Waals surface area contributed by atoms with Gasteiger partial charge in [-0.05, 0) is 53.8 Å². The monoisotopic (exact) mass is 325 g/mol. The SMILES string of the molecule is C=CCN1CCc2c(cc(O)c(O)c2C)C(c2ccc(O)cc2)C1. The molecule has 4 heteroatoms. The minimum atomic E-state index is -0.0767. The molecular formula is C20H23NO3. The second-order valence-electron chi connectivity index (χ2n) is 6.38. The van der Waals surface area contributed by atoms with E-state index in [1.165, 1.54) is 0 Å². The van der Waals surface area contributed by atoms with Crippen molar-refractivity contribution in [1.29, 1.82) is 0 Å². The smallest absolute Gasteiger partial charge is 0.160 e. The Morgan fingerprint density at radius 1 is 1.21 bits per heavy atom. The van der Waals surface area contributed by atoms with E-state index in [0.29, 0.717) is 0 Å². The van der Waals surface area contributed by atoms with Gasteiger partial charge in [0.25, 0.3) is 0 Å². The van der Waals surface area contributed by atoms with E-state index in [-0.39, 0.29) is 23.2 Å². The molecule has 2 aromatic carbocycles. The Hall–Kier alpha value is -2.46. The quantitative estimate of drug-likeness (QED) is 0.598. The first kappa shape index (κ1) is 16.4. The van der Waals surface area contributed by atoms with Gasteiger partial charge in [-0.25, -0.2) is 0 Å². The highest BCUT2D eigenvalue weighted by Gasteiger charge is 2.27. The second-order valence-corrected chi connectivity index (χ2v) is 6.38. The van der Waals surface area contributed by atoms with Gasteiger partial charge in [0.1, 0.15) is 5.75 Å². The number of fused-ring (bicyclic) bond motifs is 1. The average molecular weight is 325 g/mol. The largest absolute Gasteiger partial charge is 0.508 e. The van der Waals surface area contributed by atoms with Crippen molar-refractivity contribution in [2.75, 3.05) is 19.6 Å². The molecule has 1 heterocycles. The molecule has 0 radical (unpaired) electrons. The fourth-order valence-corrected chi connectivity index (χ4v) is 3.55. The second kappa shape index (κ2) is 6.57. The fourth-order valence-electron chi connectivity index (χ4n) is 3.55. The number of rotatable bonds is 3. The summed E-state index contributed by atoms with van der Waals surface area (Å²) in [5.74, 6) is 0.191. The molecule has 3 N–H and O–H groups in total. The van der Waals surface area contributed by atoms with Crippen LogP contribution < -0.4 is 0 Å². The molecule has 4 nitrogen and oxygen atoms in total. The predicted molar refractivity (Wildman–Crippen MR) is 94.8 cm³/mol. The Balaban J connectivity index is 2.13. The van der Waals surface area contributed by atoms with Gasteiger partial charge in [0.15, 0.2) is 11.5 Å². The molecule has 0 spiro atoms. The molecule has 1 aliphatic heterocycles. The number of phenolic OH excluding ortho intramolecular Hbond substituents is 3. The van der Waals surface area contributed by atoms with Gasteiger partial charge in [-0.15, -0.1) is 6.58 Å². The van der Waals surface area contributed by atoms with Crippen LogP contribution in [0.2, 0.25) is 0 Å². The summed E-state index contributed by atoms with van der Waals surface area (Å²) in [6.45, 7) is 8.15. The number of nitrogens with zero attached hydrogens (tertiary/aromatic N) is 1. The van der Waals surface area contributed by atoms with Crippen LogP contribution in [0.4, 0.5) is 0 Å². The molecule has 0 saturated heterocycles. The standard InChI is InChI=1S/C20H23NO3/c1-3-9-21-10-8-16-13(2)20(24)19(23)11-17(16)18(12-21)14-4-6-15(22)7-5-14/h3-7,11,18,22-24H,1,8-10,12H2,2H3. The van der Waals surface area contributed by atoms with Crippen molar-refractivity contribution in [3.8, 4) is 17.2 Å². The van der Waals surface area contributed by atoms with Gasteiger partial charge in [0.2, 0.25) is 0 Å². The summed E-state index contributed by atoms with van der Waals surface area (Å²) in [5, 5.41) is 29.8. The van der Waals surface area contributed by atoms with E-state index in [1.807, 2.05) is 25.1 Å². The molecule has 126 valence electrons. The van der Waals surface area contributed by atoms with E-state index in [9.17, 15) is 15.3 Å². The Morgan fingerprint density at radius 3 is 2.58 bits per heavy atom. The van der Waals surface area contributed by atoms with Crippen LogP contribution in [0.5, 0.6) is 17.2 Å². The Morgan fingerprint density at radius 2 is 1.92 bits per heavy atom. The molecule has 0 aliphatic carbocycles. The molecular weight excluding hydrogens is 302 g/mol. The average Bonchev–Trinajstić information content (AvgIpc) is 2.74. The summed E-state index contributed by atoms with van der Waals surface area (Å²) in [7, 11) is 0. The number of phenols is 3. The lowest BCUT2D eigenvalue weighted by Gasteiger charge is -2.24. The summed E-state index contributed by atoms with van der Waals surface area (Å²) < 4.78 is 0. The van der Waals surface area contributed by atoms with Crippen molar-refractivity contribution >= 4 is 0 Å². The summed E-state index contributed by atoms with van der Waals surface area (Å²) >= 11 is 0. The molecule has 0 amide bonds. The highest BCUT2D eigenvalue weighted by Crippen LogP contribution is 2.40. The molecule has 1 atom stereocenters. The van der Waals surface area contributed by atoms with Gasteiger partial charge in [-0.1, -0.05) is 18.2 Å². The lowest BCUT2D eigenvalue weighted by molar-refractivity contribution is 0.306. The van der Waals surface area contributed by atoms with Gasteiger partial charge in [0, 0.05) is 25.6 Å². The van der Waals surface area contributed by atoms with Crippen LogP contribution >= 0.6 is 0 Å². The van der Waals surface area contributed by atoms with E-state index in [4.69, 9.17) is 0 Å². The van der Waals surface area contributed by atoms with Crippen LogP contribution in [0.15, 0.2) is 43.0 Å². The van der Waals surface area contributed by atoms with Crippen molar-refractivity contribution < 1.29 is 15.3 Å². The zero-order valence-corrected chi connectivity index (χ0v) is 13.9. The number of hydrogen-bond donors (Lipinski definition) is 3. The zero-order chi connectivity index (χ0) is 17.3. The third kappa shape index (κ3) is 2.97. The van der Waals surface area contributed by atoms with Crippen molar-refractivity contribution in [2.24, 2.45) is 0 Å². The molecule has 0 saturated carbocycles. The van der Waals surface area contributed by atoms with E-state index < -0.39 is 0 Å². The lowest BCUT2D eigenvalue weighted by Crippen LogP contribution is -2.28. The van der Waals surface area contributed by atoms with Crippen molar-refractivity contribution in [1.82, 2.24) is 4.90 Å². The van der Waals surface area contributed by atoms with Gasteiger partial charge >= 0.3 is 0 Å². The molecule has 1 aliphatic rings. The fraction of sp³-hybridized carbons (Fsp3) is 0.300. The first-order valence-corrected chi connectivity index (χ1v) is 8.17. The van der Waals surface area contributed by atoms with Crippen LogP contribution in [-0.2, 0) is 6.42 Å². The predicted octanol–water partition coefficient (Wildman–Crippen LogP) is 3.29. The summed E-state index contributed by atoms with van der Waals surface area (Å²) in [5.41, 5.74) is 3.96. The molecule has 1 unspecified atom stereocenters. The Kier molecular flexibility index (Phi) is 4.49. The van der Waals surface area contributed by atoms with E-state index in [1.54, 1.807) is 18.2 Å². The van der Waals surface area contributed by atoms with E-state index >= 15 is 0 Å². The van der Waals surface area contributed by atoms with Crippen LogP contribution in [0.3, 0.4) is 0 Å². The minimum Gasteiger partial charge on any atom is -0.508 e. The third-order valence-corrected chi connectivity index (χ3v) is 4.87. The van der Waals surface area contributed by atoms with Gasteiger partial charge in [-0.3, -0.25) is 4.90 Å². The maximum Gasteiger partial charge on any atom is 0.160 e. The Bertz CT molecular complexity index is 752. The highest BCUT2D eigenvalue weighted by molar-refractivity contribution is 5.55. The van der Waals surface area contributed by atoms with Gasteiger partial charge in [0.05, 0.1) is 0 Å². The maximum absolute atomic E-state index is 10.1. The van der Waals surface area contributed by atoms with E-state index in [0.717, 1.165) is 48.3 Å². The van der Waals surface area contributed by atoms with Crippen LogP contribution in [0.25, 0.3) is 0 Å². The van der Waals surface area contributed by atoms with Crippen LogP contribution in [0, 0.1) is 6.92 Å². The molecule has 0 fully saturated rings. The number of aromatic hydroxyl groups is 3. The lowest BCUT2D eigenvalue weighted by atomic mass is 9.85. The van der Waals surface area contributed by atoms with E-state index in [2.05, 4.69) is 11.5 Å². The van der Waals surface area contributed by atoms with Crippen LogP contribution in [0.1, 0.15) is 28.2 Å². The molecule has 3 rings (SSSR count). The van der Waals surface area contributed by atoms with Crippen molar-refractivity contribution in [3.05, 3.63) is 65.2 Å². The minimum absolute atomic E-state index is 0.0321. The van der Waals surface area contributed by atoms with Crippen molar-refractivity contribution in [3.63, 3.8) is 0 Å². The summed E-state index contributed by atoms with van der Waals surface area (Å²) in [6.07, 6.45) is 2.71. The molecule has 0 aromatic heterocycles. The maximum atomic E-state index is 10.1. The molecule has 0 bridgehead atoms. The summed E-state index contributed by atoms with van der Waals surface area (Å²) in [4.78, 5) is 2.32. The Labute approximate surface area is 142 Å². The number of hydrogen-bond acceptors (Lipinski definition) is 4.